The highest BCUT2D eigenvalue weighted by atomic mass is 35.5. The van der Waals surface area contributed by atoms with E-state index >= 15 is 0 Å². The van der Waals surface area contributed by atoms with Crippen LogP contribution in [0.25, 0.3) is 0 Å². The standard InChI is InChI=1S/C25H27ClN4O5/c1-17-3-6-19(7-4-17)29-25(31)16-35-23-10-5-18(13-24(23)34-2)15-27-11-12-28-22-9-8-20(30(32)33)14-21(22)26/h3-10,13-14,27-28H,11-12,15-16H2,1-2H3,(H,29,31). The second kappa shape index (κ2) is 12.6. The van der Waals surface area contributed by atoms with Crippen molar-refractivity contribution >= 4 is 34.6 Å². The molecule has 3 N–H and O–H groups in total. The van der Waals surface area contributed by atoms with Gasteiger partial charge in [-0.2, -0.15) is 0 Å². The monoisotopic (exact) mass is 498 g/mol. The fraction of sp³-hybridized carbons (Fsp3) is 0.240. The van der Waals surface area contributed by atoms with Crippen LogP contribution in [-0.2, 0) is 11.3 Å². The number of methoxy groups -OCH3 is 1. The van der Waals surface area contributed by atoms with E-state index in [1.807, 2.05) is 43.3 Å². The third-order valence-electron chi connectivity index (χ3n) is 5.03. The van der Waals surface area contributed by atoms with Crippen LogP contribution in [0.2, 0.25) is 5.02 Å². The third-order valence-corrected chi connectivity index (χ3v) is 5.34. The molecule has 0 saturated heterocycles. The number of aryl methyl sites for hydroxylation is 1. The predicted octanol–water partition coefficient (Wildman–Crippen LogP) is 4.78. The molecule has 0 fully saturated rings. The van der Waals surface area contributed by atoms with Gasteiger partial charge in [0.05, 0.1) is 22.7 Å². The number of nitro groups is 1. The van der Waals surface area contributed by atoms with Gasteiger partial charge in [0.25, 0.3) is 11.6 Å². The Morgan fingerprint density at radius 1 is 1.03 bits per heavy atom. The first-order valence-corrected chi connectivity index (χ1v) is 11.3. The Morgan fingerprint density at radius 3 is 2.49 bits per heavy atom. The SMILES string of the molecule is COc1cc(CNCCNc2ccc([N+](=O)[O-])cc2Cl)ccc1OCC(=O)Nc1ccc(C)cc1. The van der Waals surface area contributed by atoms with Crippen molar-refractivity contribution in [2.45, 2.75) is 13.5 Å². The zero-order valence-corrected chi connectivity index (χ0v) is 20.2. The van der Waals surface area contributed by atoms with Crippen LogP contribution in [0, 0.1) is 17.0 Å². The van der Waals surface area contributed by atoms with Gasteiger partial charge in [-0.05, 0) is 42.8 Å². The van der Waals surface area contributed by atoms with Crippen molar-refractivity contribution in [3.8, 4) is 11.5 Å². The molecule has 0 aliphatic rings. The van der Waals surface area contributed by atoms with E-state index in [-0.39, 0.29) is 18.2 Å². The topological polar surface area (TPSA) is 115 Å². The normalized spacial score (nSPS) is 10.5. The number of benzene rings is 3. The molecule has 10 heteroatoms. The van der Waals surface area contributed by atoms with Crippen molar-refractivity contribution in [1.82, 2.24) is 5.32 Å². The number of rotatable bonds is 12. The van der Waals surface area contributed by atoms with Crippen LogP contribution >= 0.6 is 11.6 Å². The molecule has 1 amide bonds. The molecule has 0 heterocycles. The van der Waals surface area contributed by atoms with E-state index in [2.05, 4.69) is 16.0 Å². The molecule has 35 heavy (non-hydrogen) atoms. The Morgan fingerprint density at radius 2 is 1.80 bits per heavy atom. The lowest BCUT2D eigenvalue weighted by Gasteiger charge is -2.13. The first-order valence-electron chi connectivity index (χ1n) is 10.9. The average Bonchev–Trinajstić information content (AvgIpc) is 2.85. The van der Waals surface area contributed by atoms with Crippen molar-refractivity contribution in [1.29, 1.82) is 0 Å². The Labute approximate surface area is 208 Å². The Hall–Kier alpha value is -3.82. The number of hydrogen-bond donors (Lipinski definition) is 3. The number of amides is 1. The molecule has 0 aromatic heterocycles. The van der Waals surface area contributed by atoms with Gasteiger partial charge in [-0.25, -0.2) is 0 Å². The van der Waals surface area contributed by atoms with Gasteiger partial charge >= 0.3 is 0 Å². The van der Waals surface area contributed by atoms with Gasteiger partial charge < -0.3 is 25.4 Å². The molecular formula is C25H27ClN4O5. The van der Waals surface area contributed by atoms with Gasteiger partial charge in [0, 0.05) is 37.5 Å². The highest BCUT2D eigenvalue weighted by Gasteiger charge is 2.10. The van der Waals surface area contributed by atoms with Crippen LogP contribution in [0.5, 0.6) is 11.5 Å². The maximum atomic E-state index is 12.2. The van der Waals surface area contributed by atoms with Crippen molar-refractivity contribution in [2.24, 2.45) is 0 Å². The van der Waals surface area contributed by atoms with Crippen LogP contribution in [0.4, 0.5) is 17.1 Å². The predicted molar refractivity (Wildman–Crippen MR) is 137 cm³/mol. The molecule has 0 aliphatic heterocycles. The molecule has 0 unspecified atom stereocenters. The van der Waals surface area contributed by atoms with E-state index in [9.17, 15) is 14.9 Å². The molecule has 0 radical (unpaired) electrons. The number of non-ortho nitro benzene ring substituents is 1. The molecule has 3 aromatic carbocycles. The molecular weight excluding hydrogens is 472 g/mol. The molecule has 0 bridgehead atoms. The number of carbonyl (C=O) groups excluding carboxylic acids is 1. The fourth-order valence-electron chi connectivity index (χ4n) is 3.20. The second-order valence-electron chi connectivity index (χ2n) is 7.71. The van der Waals surface area contributed by atoms with Crippen molar-refractivity contribution < 1.29 is 19.2 Å². The van der Waals surface area contributed by atoms with E-state index in [0.717, 1.165) is 11.1 Å². The lowest BCUT2D eigenvalue weighted by atomic mass is 10.2. The van der Waals surface area contributed by atoms with E-state index < -0.39 is 4.92 Å². The summed E-state index contributed by atoms with van der Waals surface area (Å²) in [5, 5.41) is 20.3. The van der Waals surface area contributed by atoms with Gasteiger partial charge in [0.1, 0.15) is 0 Å². The van der Waals surface area contributed by atoms with Gasteiger partial charge in [-0.15, -0.1) is 0 Å². The van der Waals surface area contributed by atoms with Crippen molar-refractivity contribution in [2.75, 3.05) is 37.4 Å². The quantitative estimate of drug-likeness (QED) is 0.187. The Kier molecular flexibility index (Phi) is 9.28. The minimum atomic E-state index is -0.484. The average molecular weight is 499 g/mol. The highest BCUT2D eigenvalue weighted by Crippen LogP contribution is 2.28. The van der Waals surface area contributed by atoms with E-state index in [4.69, 9.17) is 21.1 Å². The largest absolute Gasteiger partial charge is 0.493 e. The summed E-state index contributed by atoms with van der Waals surface area (Å²) in [6, 6.07) is 17.3. The molecule has 0 atom stereocenters. The smallest absolute Gasteiger partial charge is 0.271 e. The number of nitro benzene ring substituents is 1. The maximum Gasteiger partial charge on any atom is 0.271 e. The summed E-state index contributed by atoms with van der Waals surface area (Å²) in [6.07, 6.45) is 0. The van der Waals surface area contributed by atoms with Crippen molar-refractivity contribution in [3.05, 3.63) is 86.9 Å². The zero-order chi connectivity index (χ0) is 25.2. The van der Waals surface area contributed by atoms with Gasteiger partial charge in [0.15, 0.2) is 18.1 Å². The van der Waals surface area contributed by atoms with Crippen molar-refractivity contribution in [3.63, 3.8) is 0 Å². The molecule has 3 aromatic rings. The van der Waals surface area contributed by atoms with Crippen LogP contribution < -0.4 is 25.4 Å². The van der Waals surface area contributed by atoms with Crippen LogP contribution in [0.3, 0.4) is 0 Å². The minimum absolute atomic E-state index is 0.0491. The van der Waals surface area contributed by atoms with Crippen LogP contribution in [0.1, 0.15) is 11.1 Å². The maximum absolute atomic E-state index is 12.2. The molecule has 0 saturated carbocycles. The van der Waals surface area contributed by atoms with E-state index in [1.54, 1.807) is 19.2 Å². The number of ether oxygens (including phenoxy) is 2. The summed E-state index contributed by atoms with van der Waals surface area (Å²) in [6.45, 7) is 3.63. The number of carbonyl (C=O) groups is 1. The number of nitrogens with zero attached hydrogens (tertiary/aromatic N) is 1. The molecule has 0 aliphatic carbocycles. The number of anilines is 2. The van der Waals surface area contributed by atoms with Gasteiger partial charge in [-0.3, -0.25) is 14.9 Å². The summed E-state index contributed by atoms with van der Waals surface area (Å²) in [4.78, 5) is 22.5. The lowest BCUT2D eigenvalue weighted by molar-refractivity contribution is -0.384. The Bertz CT molecular complexity index is 1170. The van der Waals surface area contributed by atoms with E-state index in [1.165, 1.54) is 12.1 Å². The highest BCUT2D eigenvalue weighted by molar-refractivity contribution is 6.33. The lowest BCUT2D eigenvalue weighted by Crippen LogP contribution is -2.22. The zero-order valence-electron chi connectivity index (χ0n) is 19.5. The fourth-order valence-corrected chi connectivity index (χ4v) is 3.44. The molecule has 3 rings (SSSR count). The molecule has 0 spiro atoms. The number of halogens is 1. The second-order valence-corrected chi connectivity index (χ2v) is 8.12. The summed E-state index contributed by atoms with van der Waals surface area (Å²) < 4.78 is 11.1. The summed E-state index contributed by atoms with van der Waals surface area (Å²) in [7, 11) is 1.55. The summed E-state index contributed by atoms with van der Waals surface area (Å²) >= 11 is 6.08. The van der Waals surface area contributed by atoms with Gasteiger partial charge in [-0.1, -0.05) is 35.4 Å². The van der Waals surface area contributed by atoms with Gasteiger partial charge in [0.2, 0.25) is 0 Å². The number of nitrogens with one attached hydrogen (secondary N) is 3. The van der Waals surface area contributed by atoms with Crippen LogP contribution in [-0.4, -0.2) is 37.6 Å². The number of hydrogen-bond acceptors (Lipinski definition) is 7. The summed E-state index contributed by atoms with van der Waals surface area (Å²) in [5.74, 6) is 0.746. The third kappa shape index (κ3) is 7.87. The van der Waals surface area contributed by atoms with Crippen LogP contribution in [0.15, 0.2) is 60.7 Å². The first kappa shape index (κ1) is 25.8. The first-order chi connectivity index (χ1) is 16.9. The Balaban J connectivity index is 1.43. The molecule has 9 nitrogen and oxygen atoms in total. The van der Waals surface area contributed by atoms with E-state index in [0.29, 0.717) is 47.5 Å². The minimum Gasteiger partial charge on any atom is -0.493 e. The molecule has 184 valence electrons. The summed E-state index contributed by atoms with van der Waals surface area (Å²) in [5.41, 5.74) is 3.39.